The molecule has 0 saturated carbocycles. The number of hydrogen-bond acceptors (Lipinski definition) is 4. The molecular formula is C16H28N2O2. The summed E-state index contributed by atoms with van der Waals surface area (Å²) in [4.78, 5) is 2.23. The highest BCUT2D eigenvalue weighted by molar-refractivity contribution is 5.35. The smallest absolute Gasteiger partial charge is 0.122 e. The Kier molecular flexibility index (Phi) is 7.59. The molecule has 0 saturated heterocycles. The Hall–Kier alpha value is -1.10. The first-order valence-corrected chi connectivity index (χ1v) is 7.30. The van der Waals surface area contributed by atoms with Crippen LogP contribution in [0.1, 0.15) is 18.1 Å². The van der Waals surface area contributed by atoms with Crippen molar-refractivity contribution in [1.29, 1.82) is 0 Å². The Morgan fingerprint density at radius 3 is 2.80 bits per heavy atom. The van der Waals surface area contributed by atoms with Crippen molar-refractivity contribution in [3.8, 4) is 5.75 Å². The number of likely N-dealkylation sites (N-methyl/N-ethyl adjacent to an activating group) is 1. The van der Waals surface area contributed by atoms with E-state index in [0.717, 1.165) is 30.9 Å². The number of aliphatic hydroxyl groups is 1. The fourth-order valence-electron chi connectivity index (χ4n) is 1.80. The highest BCUT2D eigenvalue weighted by atomic mass is 16.5. The molecule has 0 aromatic heterocycles. The molecule has 0 spiro atoms. The second-order valence-electron chi connectivity index (χ2n) is 5.33. The quantitative estimate of drug-likeness (QED) is 0.674. The van der Waals surface area contributed by atoms with Crippen LogP contribution in [0.15, 0.2) is 18.2 Å². The maximum Gasteiger partial charge on any atom is 0.122 e. The molecule has 1 rings (SSSR count). The molecule has 4 nitrogen and oxygen atoms in total. The first kappa shape index (κ1) is 17.0. The molecule has 0 aliphatic rings. The number of nitrogens with one attached hydrogen (secondary N) is 1. The number of benzene rings is 1. The maximum atomic E-state index is 9.89. The van der Waals surface area contributed by atoms with E-state index in [-0.39, 0.29) is 0 Å². The normalized spacial score (nSPS) is 12.7. The topological polar surface area (TPSA) is 44.7 Å². The lowest BCUT2D eigenvalue weighted by Crippen LogP contribution is -2.36. The number of aryl methyl sites for hydroxylation is 2. The fraction of sp³-hybridized carbons (Fsp3) is 0.625. The van der Waals surface area contributed by atoms with Crippen LogP contribution >= 0.6 is 0 Å². The summed E-state index contributed by atoms with van der Waals surface area (Å²) in [6, 6.07) is 6.10. The van der Waals surface area contributed by atoms with Gasteiger partial charge in [0.25, 0.3) is 0 Å². The molecule has 1 aromatic carbocycles. The lowest BCUT2D eigenvalue weighted by molar-refractivity contribution is 0.105. The Labute approximate surface area is 122 Å². The molecular weight excluding hydrogens is 252 g/mol. The van der Waals surface area contributed by atoms with Gasteiger partial charge in [0, 0.05) is 19.6 Å². The van der Waals surface area contributed by atoms with Gasteiger partial charge < -0.3 is 20.1 Å². The molecule has 0 aliphatic heterocycles. The Morgan fingerprint density at radius 1 is 1.35 bits per heavy atom. The lowest BCUT2D eigenvalue weighted by Gasteiger charge is -2.17. The minimum Gasteiger partial charge on any atom is -0.491 e. The average Bonchev–Trinajstić information content (AvgIpc) is 2.44. The van der Waals surface area contributed by atoms with Crippen LogP contribution in [0, 0.1) is 13.8 Å². The van der Waals surface area contributed by atoms with Crippen LogP contribution in [-0.2, 0) is 0 Å². The van der Waals surface area contributed by atoms with E-state index >= 15 is 0 Å². The molecule has 1 atom stereocenters. The maximum absolute atomic E-state index is 9.89. The number of ether oxygens (including phenoxy) is 1. The third-order valence-corrected chi connectivity index (χ3v) is 3.36. The molecule has 2 N–H and O–H groups in total. The van der Waals surface area contributed by atoms with E-state index in [9.17, 15) is 5.11 Å². The van der Waals surface area contributed by atoms with Crippen molar-refractivity contribution < 1.29 is 9.84 Å². The van der Waals surface area contributed by atoms with E-state index in [2.05, 4.69) is 30.3 Å². The van der Waals surface area contributed by atoms with Crippen molar-refractivity contribution >= 4 is 0 Å². The van der Waals surface area contributed by atoms with Gasteiger partial charge in [0.2, 0.25) is 0 Å². The Balaban J connectivity index is 2.22. The van der Waals surface area contributed by atoms with Gasteiger partial charge in [0.1, 0.15) is 18.5 Å². The molecule has 0 heterocycles. The summed E-state index contributed by atoms with van der Waals surface area (Å²) in [5.74, 6) is 0.856. The zero-order chi connectivity index (χ0) is 15.0. The second kappa shape index (κ2) is 8.95. The van der Waals surface area contributed by atoms with Gasteiger partial charge in [-0.25, -0.2) is 0 Å². The van der Waals surface area contributed by atoms with Crippen LogP contribution in [0.25, 0.3) is 0 Å². The number of nitrogens with zero attached hydrogens (tertiary/aromatic N) is 1. The third kappa shape index (κ3) is 6.37. The lowest BCUT2D eigenvalue weighted by atomic mass is 10.1. The minimum atomic E-state index is -0.484. The third-order valence-electron chi connectivity index (χ3n) is 3.36. The molecule has 1 unspecified atom stereocenters. The van der Waals surface area contributed by atoms with Crippen LogP contribution in [0.3, 0.4) is 0 Å². The molecule has 1 aromatic rings. The summed E-state index contributed by atoms with van der Waals surface area (Å²) in [5.41, 5.74) is 2.26. The van der Waals surface area contributed by atoms with Crippen LogP contribution < -0.4 is 10.1 Å². The van der Waals surface area contributed by atoms with Crippen molar-refractivity contribution in [2.45, 2.75) is 26.9 Å². The first-order chi connectivity index (χ1) is 9.52. The number of rotatable bonds is 9. The van der Waals surface area contributed by atoms with E-state index < -0.39 is 6.10 Å². The Morgan fingerprint density at radius 2 is 2.10 bits per heavy atom. The second-order valence-corrected chi connectivity index (χ2v) is 5.33. The van der Waals surface area contributed by atoms with E-state index in [0.29, 0.717) is 13.2 Å². The van der Waals surface area contributed by atoms with Crippen LogP contribution in [-0.4, -0.2) is 55.9 Å². The van der Waals surface area contributed by atoms with Gasteiger partial charge in [-0.15, -0.1) is 0 Å². The minimum absolute atomic E-state index is 0.320. The molecule has 0 radical (unpaired) electrons. The van der Waals surface area contributed by atoms with Gasteiger partial charge in [-0.3, -0.25) is 0 Å². The highest BCUT2D eigenvalue weighted by Crippen LogP contribution is 2.19. The molecule has 114 valence electrons. The van der Waals surface area contributed by atoms with Crippen LogP contribution in [0.2, 0.25) is 0 Å². The van der Waals surface area contributed by atoms with Crippen molar-refractivity contribution in [2.75, 3.05) is 39.8 Å². The average molecular weight is 280 g/mol. The van der Waals surface area contributed by atoms with Gasteiger partial charge in [-0.05, 0) is 44.6 Å². The van der Waals surface area contributed by atoms with Gasteiger partial charge >= 0.3 is 0 Å². The van der Waals surface area contributed by atoms with Gasteiger partial charge in [0.15, 0.2) is 0 Å². The van der Waals surface area contributed by atoms with Gasteiger partial charge in [-0.1, -0.05) is 19.1 Å². The fourth-order valence-corrected chi connectivity index (χ4v) is 1.80. The summed E-state index contributed by atoms with van der Waals surface area (Å²) in [6.07, 6.45) is -0.484. The summed E-state index contributed by atoms with van der Waals surface area (Å²) in [7, 11) is 2.09. The summed E-state index contributed by atoms with van der Waals surface area (Å²) < 4.78 is 5.68. The van der Waals surface area contributed by atoms with E-state index in [1.54, 1.807) is 0 Å². The zero-order valence-corrected chi connectivity index (χ0v) is 13.1. The van der Waals surface area contributed by atoms with Crippen molar-refractivity contribution in [1.82, 2.24) is 10.2 Å². The van der Waals surface area contributed by atoms with Crippen molar-refractivity contribution in [3.63, 3.8) is 0 Å². The van der Waals surface area contributed by atoms with Gasteiger partial charge in [-0.2, -0.15) is 0 Å². The zero-order valence-electron chi connectivity index (χ0n) is 13.1. The molecule has 0 bridgehead atoms. The van der Waals surface area contributed by atoms with E-state index in [4.69, 9.17) is 4.74 Å². The molecule has 0 fully saturated rings. The molecule has 20 heavy (non-hydrogen) atoms. The van der Waals surface area contributed by atoms with Crippen molar-refractivity contribution in [2.24, 2.45) is 0 Å². The summed E-state index contributed by atoms with van der Waals surface area (Å²) in [6.45, 7) is 9.97. The molecule has 4 heteroatoms. The molecule has 0 aliphatic carbocycles. The van der Waals surface area contributed by atoms with E-state index in [1.807, 2.05) is 26.0 Å². The van der Waals surface area contributed by atoms with Gasteiger partial charge in [0.05, 0.1) is 0 Å². The first-order valence-electron chi connectivity index (χ1n) is 7.30. The summed E-state index contributed by atoms with van der Waals surface area (Å²) >= 11 is 0. The SMILES string of the molecule is CCN(C)CCNCC(O)COc1cc(C)ccc1C. The predicted molar refractivity (Wildman–Crippen MR) is 83.5 cm³/mol. The molecule has 0 amide bonds. The van der Waals surface area contributed by atoms with Crippen molar-refractivity contribution in [3.05, 3.63) is 29.3 Å². The summed E-state index contributed by atoms with van der Waals surface area (Å²) in [5, 5.41) is 13.1. The van der Waals surface area contributed by atoms with Crippen LogP contribution in [0.5, 0.6) is 5.75 Å². The Bertz CT molecular complexity index is 396. The standard InChI is InChI=1S/C16H28N2O2/c1-5-18(4)9-8-17-11-15(19)12-20-16-10-13(2)6-7-14(16)3/h6-7,10,15,17,19H,5,8-9,11-12H2,1-4H3. The van der Waals surface area contributed by atoms with E-state index in [1.165, 1.54) is 5.56 Å². The largest absolute Gasteiger partial charge is 0.491 e. The van der Waals surface area contributed by atoms with Crippen LogP contribution in [0.4, 0.5) is 0 Å². The number of hydrogen-bond donors (Lipinski definition) is 2. The highest BCUT2D eigenvalue weighted by Gasteiger charge is 2.06. The predicted octanol–water partition coefficient (Wildman–Crippen LogP) is 1.58. The monoisotopic (exact) mass is 280 g/mol. The number of aliphatic hydroxyl groups excluding tert-OH is 1.